The van der Waals surface area contributed by atoms with Gasteiger partial charge in [0.05, 0.1) is 11.2 Å². The summed E-state index contributed by atoms with van der Waals surface area (Å²) >= 11 is 0. The van der Waals surface area contributed by atoms with Crippen molar-refractivity contribution in [1.82, 2.24) is 19.5 Å². The molecular formula is C31H44N4. The van der Waals surface area contributed by atoms with E-state index in [0.29, 0.717) is 0 Å². The molecule has 1 aromatic carbocycles. The summed E-state index contributed by atoms with van der Waals surface area (Å²) in [6.45, 7) is 21.8. The van der Waals surface area contributed by atoms with Gasteiger partial charge in [0.2, 0.25) is 0 Å². The highest BCUT2D eigenvalue weighted by atomic mass is 15.0. The molecule has 0 amide bonds. The van der Waals surface area contributed by atoms with Crippen molar-refractivity contribution in [3.05, 3.63) is 89.9 Å². The fourth-order valence-electron chi connectivity index (χ4n) is 3.44. The van der Waals surface area contributed by atoms with Gasteiger partial charge in [0.1, 0.15) is 5.82 Å². The molecule has 0 unspecified atom stereocenters. The van der Waals surface area contributed by atoms with Crippen molar-refractivity contribution >= 4 is 10.9 Å². The molecule has 0 saturated heterocycles. The Balaban J connectivity index is 0.000000189. The van der Waals surface area contributed by atoms with Crippen LogP contribution in [0.15, 0.2) is 67.3 Å². The quantitative estimate of drug-likeness (QED) is 0.261. The minimum atomic E-state index is 0.161. The van der Waals surface area contributed by atoms with Crippen molar-refractivity contribution in [2.24, 2.45) is 7.05 Å². The van der Waals surface area contributed by atoms with Gasteiger partial charge >= 0.3 is 0 Å². The SMILES string of the molecule is CC(C)(C)c1cccc2cccnc12.CC(C)(C)c1cccnc1.Cc1nc(C(C)(C)C)cn1C. The molecule has 4 rings (SSSR count). The third kappa shape index (κ3) is 8.31. The predicted octanol–water partition coefficient (Wildman–Crippen LogP) is 7.94. The maximum Gasteiger partial charge on any atom is 0.105 e. The van der Waals surface area contributed by atoms with E-state index in [0.717, 1.165) is 17.0 Å². The van der Waals surface area contributed by atoms with E-state index >= 15 is 0 Å². The molecule has 35 heavy (non-hydrogen) atoms. The van der Waals surface area contributed by atoms with Crippen LogP contribution in [0.3, 0.4) is 0 Å². The lowest BCUT2D eigenvalue weighted by atomic mass is 9.85. The smallest absolute Gasteiger partial charge is 0.105 e. The normalized spacial score (nSPS) is 11.9. The van der Waals surface area contributed by atoms with Crippen molar-refractivity contribution in [2.45, 2.75) is 85.5 Å². The zero-order chi connectivity index (χ0) is 26.4. The second-order valence-corrected chi connectivity index (χ2v) is 12.2. The first-order valence-electron chi connectivity index (χ1n) is 12.4. The lowest BCUT2D eigenvalue weighted by molar-refractivity contribution is 0.571. The van der Waals surface area contributed by atoms with Crippen molar-refractivity contribution in [3.8, 4) is 0 Å². The molecule has 3 aromatic heterocycles. The third-order valence-electron chi connectivity index (χ3n) is 5.85. The van der Waals surface area contributed by atoms with E-state index in [1.54, 1.807) is 6.20 Å². The Kier molecular flexibility index (Phi) is 9.00. The Morgan fingerprint density at radius 1 is 0.714 bits per heavy atom. The number of nitrogens with zero attached hydrogens (tertiary/aromatic N) is 4. The minimum absolute atomic E-state index is 0.161. The molecule has 4 aromatic rings. The molecule has 0 aliphatic heterocycles. The van der Waals surface area contributed by atoms with Crippen LogP contribution < -0.4 is 0 Å². The van der Waals surface area contributed by atoms with Gasteiger partial charge in [-0.15, -0.1) is 0 Å². The molecule has 0 aliphatic carbocycles. The summed E-state index contributed by atoms with van der Waals surface area (Å²) in [4.78, 5) is 12.9. The molecule has 0 N–H and O–H groups in total. The van der Waals surface area contributed by atoms with Crippen LogP contribution >= 0.6 is 0 Å². The Morgan fingerprint density at radius 3 is 1.77 bits per heavy atom. The highest BCUT2D eigenvalue weighted by Crippen LogP contribution is 2.28. The summed E-state index contributed by atoms with van der Waals surface area (Å²) in [5.41, 5.74) is 5.46. The van der Waals surface area contributed by atoms with Gasteiger partial charge in [-0.25, -0.2) is 4.98 Å². The monoisotopic (exact) mass is 472 g/mol. The number of rotatable bonds is 0. The second kappa shape index (κ2) is 11.2. The molecule has 0 saturated carbocycles. The van der Waals surface area contributed by atoms with Gasteiger partial charge in [0.15, 0.2) is 0 Å². The molecule has 0 atom stereocenters. The topological polar surface area (TPSA) is 43.6 Å². The maximum atomic E-state index is 4.45. The fraction of sp³-hybridized carbons (Fsp3) is 0.452. The Labute approximate surface area is 212 Å². The zero-order valence-electron chi connectivity index (χ0n) is 23.6. The van der Waals surface area contributed by atoms with Crippen LogP contribution in [-0.2, 0) is 23.3 Å². The summed E-state index contributed by atoms with van der Waals surface area (Å²) in [7, 11) is 2.03. The largest absolute Gasteiger partial charge is 0.338 e. The molecular weight excluding hydrogens is 428 g/mol. The van der Waals surface area contributed by atoms with Crippen LogP contribution in [0.4, 0.5) is 0 Å². The summed E-state index contributed by atoms with van der Waals surface area (Å²) in [6, 6.07) is 14.5. The molecule has 4 heteroatoms. The van der Waals surface area contributed by atoms with Gasteiger partial charge in [-0.2, -0.15) is 0 Å². The Bertz CT molecular complexity index is 1180. The van der Waals surface area contributed by atoms with Crippen LogP contribution in [0.25, 0.3) is 10.9 Å². The highest BCUT2D eigenvalue weighted by Gasteiger charge is 2.17. The van der Waals surface area contributed by atoms with Crippen molar-refractivity contribution in [3.63, 3.8) is 0 Å². The maximum absolute atomic E-state index is 4.45. The second-order valence-electron chi connectivity index (χ2n) is 12.2. The average Bonchev–Trinajstić information content (AvgIpc) is 3.12. The summed E-state index contributed by atoms with van der Waals surface area (Å²) < 4.78 is 2.06. The first-order valence-corrected chi connectivity index (χ1v) is 12.4. The number of hydrogen-bond acceptors (Lipinski definition) is 3. The standard InChI is InChI=1S/C13H15N.C9H16N2.C9H13N/c1-13(2,3)11-8-4-6-10-7-5-9-14-12(10)11;1-7-10-8(6-11(7)5)9(2,3)4;1-9(2,3)8-5-4-6-10-7-8/h4-9H,1-3H3;6H,1-5H3;4-7H,1-3H3. The van der Waals surface area contributed by atoms with Crippen LogP contribution in [0.5, 0.6) is 0 Å². The summed E-state index contributed by atoms with van der Waals surface area (Å²) in [5, 5.41) is 1.22. The highest BCUT2D eigenvalue weighted by molar-refractivity contribution is 5.82. The number of para-hydroxylation sites is 1. The van der Waals surface area contributed by atoms with Gasteiger partial charge in [-0.3, -0.25) is 9.97 Å². The van der Waals surface area contributed by atoms with Crippen molar-refractivity contribution in [2.75, 3.05) is 0 Å². The van der Waals surface area contributed by atoms with E-state index in [2.05, 4.69) is 118 Å². The number of aryl methyl sites for hydroxylation is 2. The first-order chi connectivity index (χ1) is 16.1. The molecule has 0 bridgehead atoms. The van der Waals surface area contributed by atoms with Gasteiger partial charge in [0, 0.05) is 42.6 Å². The van der Waals surface area contributed by atoms with E-state index in [-0.39, 0.29) is 16.2 Å². The summed E-state index contributed by atoms with van der Waals surface area (Å²) in [6.07, 6.45) is 7.67. The Hall–Kier alpha value is -3.01. The number of benzene rings is 1. The van der Waals surface area contributed by atoms with Crippen LogP contribution in [0.1, 0.15) is 85.0 Å². The first kappa shape index (κ1) is 28.2. The van der Waals surface area contributed by atoms with E-state index in [4.69, 9.17) is 0 Å². The molecule has 4 nitrogen and oxygen atoms in total. The van der Waals surface area contributed by atoms with Crippen molar-refractivity contribution in [1.29, 1.82) is 0 Å². The molecule has 3 heterocycles. The summed E-state index contributed by atoms with van der Waals surface area (Å²) in [5.74, 6) is 1.08. The third-order valence-corrected chi connectivity index (χ3v) is 5.85. The zero-order valence-corrected chi connectivity index (χ0v) is 23.6. The van der Waals surface area contributed by atoms with Gasteiger partial charge in [-0.05, 0) is 41.0 Å². The van der Waals surface area contributed by atoms with E-state index in [9.17, 15) is 0 Å². The van der Waals surface area contributed by atoms with Gasteiger partial charge in [-0.1, -0.05) is 92.6 Å². The van der Waals surface area contributed by atoms with Crippen LogP contribution in [0, 0.1) is 6.92 Å². The van der Waals surface area contributed by atoms with E-state index < -0.39 is 0 Å². The fourth-order valence-corrected chi connectivity index (χ4v) is 3.44. The Morgan fingerprint density at radius 2 is 1.34 bits per heavy atom. The number of imidazole rings is 1. The number of fused-ring (bicyclic) bond motifs is 1. The molecule has 0 spiro atoms. The number of hydrogen-bond donors (Lipinski definition) is 0. The van der Waals surface area contributed by atoms with Crippen LogP contribution in [-0.4, -0.2) is 19.5 Å². The van der Waals surface area contributed by atoms with Crippen molar-refractivity contribution < 1.29 is 0 Å². The lowest BCUT2D eigenvalue weighted by Gasteiger charge is -2.20. The van der Waals surface area contributed by atoms with Gasteiger partial charge < -0.3 is 4.57 Å². The predicted molar refractivity (Wildman–Crippen MR) is 150 cm³/mol. The average molecular weight is 473 g/mol. The van der Waals surface area contributed by atoms with Crippen LogP contribution in [0.2, 0.25) is 0 Å². The van der Waals surface area contributed by atoms with E-state index in [1.165, 1.54) is 16.5 Å². The molecule has 0 aliphatic rings. The molecule has 188 valence electrons. The molecule has 0 radical (unpaired) electrons. The van der Waals surface area contributed by atoms with Gasteiger partial charge in [0.25, 0.3) is 0 Å². The number of aromatic nitrogens is 4. The van der Waals surface area contributed by atoms with E-state index in [1.807, 2.05) is 38.5 Å². The lowest BCUT2D eigenvalue weighted by Crippen LogP contribution is -2.11. The minimum Gasteiger partial charge on any atom is -0.338 e. The molecule has 0 fully saturated rings. The number of pyridine rings is 2.